The molecule has 150 valence electrons. The molecule has 0 aromatic heterocycles. The monoisotopic (exact) mass is 416 g/mol. The predicted octanol–water partition coefficient (Wildman–Crippen LogP) is 4.30. The molecule has 0 radical (unpaired) electrons. The highest BCUT2D eigenvalue weighted by molar-refractivity contribution is 7.80. The third-order valence-electron chi connectivity index (χ3n) is 5.15. The average Bonchev–Trinajstić information content (AvgIpc) is 2.73. The Bertz CT molecular complexity index is 1250. The number of thiocarbonyl (C=S) groups is 1. The Labute approximate surface area is 179 Å². The van der Waals surface area contributed by atoms with Crippen LogP contribution in [0.15, 0.2) is 60.2 Å². The third kappa shape index (κ3) is 3.35. The van der Waals surface area contributed by atoms with Gasteiger partial charge in [0.05, 0.1) is 12.8 Å². The van der Waals surface area contributed by atoms with Crippen molar-refractivity contribution in [2.45, 2.75) is 13.8 Å². The summed E-state index contributed by atoms with van der Waals surface area (Å²) in [4.78, 5) is 27.5. The Balaban J connectivity index is 1.89. The number of nitrogens with one attached hydrogen (secondary N) is 1. The first-order chi connectivity index (χ1) is 14.4. The second-order valence-electron chi connectivity index (χ2n) is 7.15. The van der Waals surface area contributed by atoms with Crippen LogP contribution in [0.4, 0.5) is 5.69 Å². The van der Waals surface area contributed by atoms with Gasteiger partial charge in [0, 0.05) is 5.56 Å². The molecule has 30 heavy (non-hydrogen) atoms. The summed E-state index contributed by atoms with van der Waals surface area (Å²) in [6.07, 6.45) is 1.58. The molecule has 0 unspecified atom stereocenters. The molecular formula is C24H20N2O3S. The van der Waals surface area contributed by atoms with Crippen LogP contribution in [-0.2, 0) is 9.59 Å². The van der Waals surface area contributed by atoms with Crippen LogP contribution in [0.1, 0.15) is 16.7 Å². The third-order valence-corrected chi connectivity index (χ3v) is 5.43. The number of amides is 2. The zero-order valence-electron chi connectivity index (χ0n) is 16.9. The fraction of sp³-hybridized carbons (Fsp3) is 0.125. The summed E-state index contributed by atoms with van der Waals surface area (Å²) >= 11 is 5.33. The zero-order valence-corrected chi connectivity index (χ0v) is 17.7. The van der Waals surface area contributed by atoms with Gasteiger partial charge in [0.25, 0.3) is 11.8 Å². The van der Waals surface area contributed by atoms with E-state index in [0.29, 0.717) is 17.0 Å². The molecule has 0 atom stereocenters. The SMILES string of the molecule is COc1ccc2ccccc2c1/C=C1/C(=O)NC(=S)N(c2cc(C)ccc2C)C1=O. The van der Waals surface area contributed by atoms with Crippen LogP contribution >= 0.6 is 12.2 Å². The lowest BCUT2D eigenvalue weighted by Crippen LogP contribution is -2.54. The molecule has 6 heteroatoms. The normalized spacial score (nSPS) is 15.6. The van der Waals surface area contributed by atoms with E-state index in [1.807, 2.05) is 68.4 Å². The Morgan fingerprint density at radius 2 is 1.80 bits per heavy atom. The summed E-state index contributed by atoms with van der Waals surface area (Å²) in [5.41, 5.74) is 3.20. The Kier molecular flexibility index (Phi) is 5.10. The average molecular weight is 417 g/mol. The molecule has 4 rings (SSSR count). The van der Waals surface area contributed by atoms with Gasteiger partial charge < -0.3 is 4.74 Å². The van der Waals surface area contributed by atoms with Crippen molar-refractivity contribution in [2.24, 2.45) is 0 Å². The van der Waals surface area contributed by atoms with Gasteiger partial charge in [0.1, 0.15) is 11.3 Å². The molecule has 0 saturated carbocycles. The number of rotatable bonds is 3. The summed E-state index contributed by atoms with van der Waals surface area (Å²) in [5, 5.41) is 4.59. The lowest BCUT2D eigenvalue weighted by Gasteiger charge is -2.30. The van der Waals surface area contributed by atoms with Crippen molar-refractivity contribution in [1.82, 2.24) is 5.32 Å². The molecular weight excluding hydrogens is 396 g/mol. The number of fused-ring (bicyclic) bond motifs is 1. The molecule has 1 heterocycles. The minimum absolute atomic E-state index is 0.000779. The molecule has 1 saturated heterocycles. The Morgan fingerprint density at radius 3 is 2.57 bits per heavy atom. The number of hydrogen-bond acceptors (Lipinski definition) is 4. The number of hydrogen-bond donors (Lipinski definition) is 1. The molecule has 1 aliphatic heterocycles. The maximum absolute atomic E-state index is 13.4. The molecule has 1 fully saturated rings. The van der Waals surface area contributed by atoms with Gasteiger partial charge in [-0.3, -0.25) is 19.8 Å². The lowest BCUT2D eigenvalue weighted by atomic mass is 9.99. The minimum atomic E-state index is -0.526. The van der Waals surface area contributed by atoms with Gasteiger partial charge in [0.15, 0.2) is 5.11 Å². The number of ether oxygens (including phenoxy) is 1. The van der Waals surface area contributed by atoms with Crippen molar-refractivity contribution in [1.29, 1.82) is 0 Å². The van der Waals surface area contributed by atoms with E-state index in [2.05, 4.69) is 5.32 Å². The highest BCUT2D eigenvalue weighted by Gasteiger charge is 2.35. The summed E-state index contributed by atoms with van der Waals surface area (Å²) in [6, 6.07) is 17.3. The summed E-state index contributed by atoms with van der Waals surface area (Å²) in [5.74, 6) is -0.415. The van der Waals surface area contributed by atoms with E-state index in [4.69, 9.17) is 17.0 Å². The van der Waals surface area contributed by atoms with Gasteiger partial charge >= 0.3 is 0 Å². The maximum atomic E-state index is 13.4. The van der Waals surface area contributed by atoms with Gasteiger partial charge in [-0.25, -0.2) is 0 Å². The molecule has 3 aromatic rings. The molecule has 3 aromatic carbocycles. The first kappa shape index (κ1) is 19.8. The maximum Gasteiger partial charge on any atom is 0.270 e. The lowest BCUT2D eigenvalue weighted by molar-refractivity contribution is -0.122. The zero-order chi connectivity index (χ0) is 21.4. The quantitative estimate of drug-likeness (QED) is 0.393. The van der Waals surface area contributed by atoms with Gasteiger partial charge in [0.2, 0.25) is 0 Å². The first-order valence-corrected chi connectivity index (χ1v) is 9.86. The Morgan fingerprint density at radius 1 is 1.03 bits per heavy atom. The second-order valence-corrected chi connectivity index (χ2v) is 7.54. The molecule has 1 N–H and O–H groups in total. The van der Waals surface area contributed by atoms with E-state index < -0.39 is 11.8 Å². The number of carbonyl (C=O) groups is 2. The van der Waals surface area contributed by atoms with E-state index in [-0.39, 0.29) is 10.7 Å². The number of benzene rings is 3. The fourth-order valence-corrected chi connectivity index (χ4v) is 3.86. The van der Waals surface area contributed by atoms with Gasteiger partial charge in [-0.2, -0.15) is 0 Å². The standard InChI is InChI=1S/C24H20N2O3S/c1-14-8-9-15(2)20(12-14)26-23(28)19(22(27)25-24(26)30)13-18-17-7-5-4-6-16(17)10-11-21(18)29-3/h4-13H,1-3H3,(H,25,27,30)/b19-13-. The highest BCUT2D eigenvalue weighted by Crippen LogP contribution is 2.32. The fourth-order valence-electron chi connectivity index (χ4n) is 3.58. The van der Waals surface area contributed by atoms with Crippen LogP contribution in [0.2, 0.25) is 0 Å². The molecule has 0 aliphatic carbocycles. The molecule has 5 nitrogen and oxygen atoms in total. The van der Waals surface area contributed by atoms with Crippen molar-refractivity contribution in [3.05, 3.63) is 76.9 Å². The van der Waals surface area contributed by atoms with Gasteiger partial charge in [-0.05, 0) is 66.2 Å². The summed E-state index contributed by atoms with van der Waals surface area (Å²) < 4.78 is 5.51. The molecule has 0 spiro atoms. The summed E-state index contributed by atoms with van der Waals surface area (Å²) in [7, 11) is 1.56. The number of carbonyl (C=O) groups excluding carboxylic acids is 2. The largest absolute Gasteiger partial charge is 0.496 e. The molecule has 0 bridgehead atoms. The Hall–Kier alpha value is -3.51. The number of methoxy groups -OCH3 is 1. The van der Waals surface area contributed by atoms with Crippen LogP contribution in [-0.4, -0.2) is 24.0 Å². The number of aryl methyl sites for hydroxylation is 2. The second kappa shape index (κ2) is 7.72. The van der Waals surface area contributed by atoms with E-state index in [9.17, 15) is 9.59 Å². The van der Waals surface area contributed by atoms with E-state index in [1.54, 1.807) is 13.2 Å². The van der Waals surface area contributed by atoms with Gasteiger partial charge in [-0.15, -0.1) is 0 Å². The summed E-state index contributed by atoms with van der Waals surface area (Å²) in [6.45, 7) is 3.84. The van der Waals surface area contributed by atoms with Crippen molar-refractivity contribution in [2.75, 3.05) is 12.0 Å². The van der Waals surface area contributed by atoms with Crippen LogP contribution in [0.3, 0.4) is 0 Å². The van der Waals surface area contributed by atoms with E-state index in [0.717, 1.165) is 21.9 Å². The van der Waals surface area contributed by atoms with E-state index >= 15 is 0 Å². The molecule has 1 aliphatic rings. The van der Waals surface area contributed by atoms with Crippen LogP contribution in [0.5, 0.6) is 5.75 Å². The predicted molar refractivity (Wildman–Crippen MR) is 123 cm³/mol. The number of anilines is 1. The van der Waals surface area contributed by atoms with Gasteiger partial charge in [-0.1, -0.05) is 42.5 Å². The van der Waals surface area contributed by atoms with Crippen LogP contribution in [0.25, 0.3) is 16.8 Å². The number of nitrogens with zero attached hydrogens (tertiary/aromatic N) is 1. The highest BCUT2D eigenvalue weighted by atomic mass is 32.1. The first-order valence-electron chi connectivity index (χ1n) is 9.45. The topological polar surface area (TPSA) is 58.6 Å². The van der Waals surface area contributed by atoms with Crippen molar-refractivity contribution in [3.63, 3.8) is 0 Å². The molecule has 2 amide bonds. The van der Waals surface area contributed by atoms with E-state index in [1.165, 1.54) is 4.90 Å². The smallest absolute Gasteiger partial charge is 0.270 e. The van der Waals surface area contributed by atoms with Crippen molar-refractivity contribution < 1.29 is 14.3 Å². The van der Waals surface area contributed by atoms with Crippen molar-refractivity contribution >= 4 is 51.7 Å². The van der Waals surface area contributed by atoms with Crippen LogP contribution in [0, 0.1) is 13.8 Å². The van der Waals surface area contributed by atoms with Crippen molar-refractivity contribution in [3.8, 4) is 5.75 Å². The minimum Gasteiger partial charge on any atom is -0.496 e. The van der Waals surface area contributed by atoms with Crippen LogP contribution < -0.4 is 15.0 Å².